The molecular weight excluding hydrogens is 983 g/mol. The number of esters is 1. The third-order valence-electron chi connectivity index (χ3n) is 16.2. The molecule has 5 rings (SSSR count). The van der Waals surface area contributed by atoms with Gasteiger partial charge in [-0.3, -0.25) is 29.0 Å². The summed E-state index contributed by atoms with van der Waals surface area (Å²) in [5.41, 5.74) is 4.44. The Bertz CT molecular complexity index is 2360. The van der Waals surface area contributed by atoms with Crippen molar-refractivity contribution in [1.29, 1.82) is 0 Å². The van der Waals surface area contributed by atoms with Crippen LogP contribution in [-0.4, -0.2) is 122 Å². The third kappa shape index (κ3) is 17.0. The van der Waals surface area contributed by atoms with E-state index in [1.165, 1.54) is 30.1 Å². The monoisotopic (exact) mass is 1070 g/mol. The number of fused-ring (bicyclic) bond motifs is 2. The van der Waals surface area contributed by atoms with Crippen LogP contribution in [-0.2, 0) is 44.7 Å². The maximum Gasteiger partial charge on any atom is 0.325 e. The lowest BCUT2D eigenvalue weighted by molar-refractivity contribution is -0.179. The van der Waals surface area contributed by atoms with Gasteiger partial charge in [-0.15, -0.1) is 0 Å². The summed E-state index contributed by atoms with van der Waals surface area (Å²) in [6, 6.07) is 2.95. The number of nitrogens with one attached hydrogen (secondary N) is 4. The van der Waals surface area contributed by atoms with Crippen molar-refractivity contribution in [2.24, 2.45) is 41.4 Å². The first-order chi connectivity index (χ1) is 36.5. The molecule has 17 nitrogen and oxygen atoms in total. The maximum absolute atomic E-state index is 14.5. The minimum Gasteiger partial charge on any atom is -0.508 e. The lowest BCUT2D eigenvalue weighted by atomic mass is 9.75. The van der Waals surface area contributed by atoms with E-state index in [0.717, 1.165) is 24.0 Å². The number of rotatable bonds is 15. The van der Waals surface area contributed by atoms with Crippen LogP contribution in [0.15, 0.2) is 84.0 Å². The van der Waals surface area contributed by atoms with E-state index >= 15 is 0 Å². The second-order valence-electron chi connectivity index (χ2n) is 22.7. The van der Waals surface area contributed by atoms with Gasteiger partial charge in [-0.25, -0.2) is 5.43 Å². The zero-order valence-electron chi connectivity index (χ0n) is 47.1. The fraction of sp³-hybridized carbons (Fsp3) is 0.633. The molecule has 77 heavy (non-hydrogen) atoms. The SMILES string of the molecule is CC[C@H]1C[C@H](C)[C@@]2(NC1=O)O[C@@H](C[C@H](O)[C@@H](C)CCC=CC=C(C)[C@@H]1CC=CC=C[C@H](O)[C@H](C)[C@@H](O)[C@@H](CCC(C)=O)C(=O)N[C@@H](C(C)C)C(=O)N[C@@H](Cc3cccc(O)c3)C(=O)N3CCCC(N3)C(=O)O1)[C@H](C)C=C2C. The van der Waals surface area contributed by atoms with E-state index in [1.54, 1.807) is 51.1 Å². The van der Waals surface area contributed by atoms with Crippen LogP contribution in [0.3, 0.4) is 0 Å². The summed E-state index contributed by atoms with van der Waals surface area (Å²) in [4.78, 5) is 82.1. The van der Waals surface area contributed by atoms with Crippen LogP contribution in [0.1, 0.15) is 139 Å². The predicted octanol–water partition coefficient (Wildman–Crippen LogP) is 6.36. The number of aliphatic hydroxyl groups is 3. The Hall–Kier alpha value is -5.46. The van der Waals surface area contributed by atoms with Crippen molar-refractivity contribution in [1.82, 2.24) is 26.4 Å². The van der Waals surface area contributed by atoms with Crippen LogP contribution in [0.4, 0.5) is 0 Å². The highest BCUT2D eigenvalue weighted by Crippen LogP contribution is 2.43. The number of phenols is 1. The first-order valence-electron chi connectivity index (χ1n) is 28.0. The normalized spacial score (nSPS) is 32.4. The van der Waals surface area contributed by atoms with Crippen molar-refractivity contribution < 1.29 is 58.7 Å². The molecule has 0 aromatic heterocycles. The van der Waals surface area contributed by atoms with Crippen LogP contribution in [0.2, 0.25) is 0 Å². The molecule has 15 atom stereocenters. The number of phenolic OH excluding ortho intramolecular Hbond substituents is 1. The lowest BCUT2D eigenvalue weighted by Gasteiger charge is -2.51. The maximum atomic E-state index is 14.5. The van der Waals surface area contributed by atoms with Crippen molar-refractivity contribution in [3.63, 3.8) is 0 Å². The lowest BCUT2D eigenvalue weighted by Crippen LogP contribution is -2.64. The highest BCUT2D eigenvalue weighted by molar-refractivity contribution is 5.93. The van der Waals surface area contributed by atoms with Gasteiger partial charge in [0.25, 0.3) is 5.91 Å². The van der Waals surface area contributed by atoms with Gasteiger partial charge in [0.15, 0.2) is 5.72 Å². The highest BCUT2D eigenvalue weighted by Gasteiger charge is 2.51. The van der Waals surface area contributed by atoms with Gasteiger partial charge < -0.3 is 50.6 Å². The number of cyclic esters (lactones) is 1. The second kappa shape index (κ2) is 29.0. The molecule has 1 unspecified atom stereocenters. The number of carbonyl (C=O) groups excluding carboxylic acids is 6. The largest absolute Gasteiger partial charge is 0.508 e. The zero-order valence-corrected chi connectivity index (χ0v) is 47.1. The molecule has 0 saturated carbocycles. The molecule has 0 aliphatic carbocycles. The summed E-state index contributed by atoms with van der Waals surface area (Å²) < 4.78 is 13.0. The van der Waals surface area contributed by atoms with Crippen molar-refractivity contribution in [2.75, 3.05) is 6.54 Å². The number of piperidine rings is 1. The summed E-state index contributed by atoms with van der Waals surface area (Å²) in [6.45, 7) is 18.7. The van der Waals surface area contributed by atoms with Gasteiger partial charge in [-0.05, 0) is 106 Å². The van der Waals surface area contributed by atoms with Crippen LogP contribution < -0.4 is 21.4 Å². The van der Waals surface area contributed by atoms with E-state index in [0.29, 0.717) is 37.7 Å². The molecule has 8 N–H and O–H groups in total. The number of amides is 4. The summed E-state index contributed by atoms with van der Waals surface area (Å²) >= 11 is 0. The number of aliphatic hydroxyl groups excluding tert-OH is 3. The zero-order chi connectivity index (χ0) is 56.7. The van der Waals surface area contributed by atoms with Crippen molar-refractivity contribution in [2.45, 2.75) is 194 Å². The standard InChI is InChI=1S/C60H89N5O12/c1-11-44-31-40(8)60(63-55(44)71)39(7)30-38(6)52(77-60)34-50(69)36(4)20-14-12-15-21-37(5)51-26-17-13-16-25-49(68)42(10)54(70)46(28-27-41(9)66)56(72)62-53(35(2)3)57(73)61-48(33-43-22-18-23-45(67)32-43)58(74)65-29-19-24-47(64-65)59(75)76-51/h12-13,15-18,21-23,25,30,32,35-36,38,40,42,44,46-54,64,67-70H,11,14,19-20,24,26-29,31,33-34H2,1-10H3,(H,61,73)(H,62,72)(H,63,71)/t36-,38+,40-,42-,44-,46+,47?,48-,49-,50-,51-,52-,53-,54+,60-/m0/s1. The average Bonchev–Trinajstić information content (AvgIpc) is 3.38. The van der Waals surface area contributed by atoms with Crippen molar-refractivity contribution in [3.8, 4) is 5.75 Å². The number of aromatic hydroxyl groups is 1. The molecule has 17 heteroatoms. The number of benzene rings is 1. The summed E-state index contributed by atoms with van der Waals surface area (Å²) in [7, 11) is 0. The van der Waals surface area contributed by atoms with Gasteiger partial charge in [-0.2, -0.15) is 0 Å². The van der Waals surface area contributed by atoms with Gasteiger partial charge in [0.05, 0.1) is 30.3 Å². The Kier molecular flexibility index (Phi) is 23.5. The second-order valence-corrected chi connectivity index (χ2v) is 22.7. The Morgan fingerprint density at radius 3 is 2.43 bits per heavy atom. The van der Waals surface area contributed by atoms with E-state index in [2.05, 4.69) is 41.3 Å². The molecule has 4 amide bonds. The summed E-state index contributed by atoms with van der Waals surface area (Å²) in [5, 5.41) is 54.7. The quantitative estimate of drug-likeness (QED) is 0.0542. The van der Waals surface area contributed by atoms with Crippen LogP contribution >= 0.6 is 0 Å². The molecule has 2 bridgehead atoms. The molecule has 4 aliphatic rings. The molecule has 4 heterocycles. The van der Waals surface area contributed by atoms with Gasteiger partial charge in [0, 0.05) is 55.9 Å². The van der Waals surface area contributed by atoms with E-state index in [9.17, 15) is 49.2 Å². The van der Waals surface area contributed by atoms with Crippen molar-refractivity contribution in [3.05, 3.63) is 89.6 Å². The van der Waals surface area contributed by atoms with E-state index < -0.39 is 89.7 Å². The fourth-order valence-electron chi connectivity index (χ4n) is 10.9. The Morgan fingerprint density at radius 2 is 1.74 bits per heavy atom. The summed E-state index contributed by atoms with van der Waals surface area (Å²) in [6.07, 6.45) is 14.4. The molecule has 2 fully saturated rings. The number of Topliss-reactive ketones (excluding diaryl/α,β-unsaturated/α-hetero) is 1. The van der Waals surface area contributed by atoms with Gasteiger partial charge >= 0.3 is 5.97 Å². The smallest absolute Gasteiger partial charge is 0.325 e. The Morgan fingerprint density at radius 1 is 1.00 bits per heavy atom. The van der Waals surface area contributed by atoms with Crippen LogP contribution in [0.25, 0.3) is 0 Å². The van der Waals surface area contributed by atoms with Gasteiger partial charge in [0.2, 0.25) is 17.7 Å². The Labute approximate surface area is 456 Å². The van der Waals surface area contributed by atoms with E-state index in [-0.39, 0.29) is 79.4 Å². The number of carbonyl (C=O) groups is 6. The van der Waals surface area contributed by atoms with Crippen LogP contribution in [0, 0.1) is 41.4 Å². The number of allylic oxidation sites excluding steroid dienone is 5. The van der Waals surface area contributed by atoms with Crippen LogP contribution in [0.5, 0.6) is 5.75 Å². The molecule has 1 aromatic rings. The predicted molar refractivity (Wildman–Crippen MR) is 294 cm³/mol. The average molecular weight is 1070 g/mol. The minimum absolute atomic E-state index is 0.00834. The van der Waals surface area contributed by atoms with Gasteiger partial charge in [-0.1, -0.05) is 109 Å². The number of nitrogens with zero attached hydrogens (tertiary/aromatic N) is 1. The molecule has 2 saturated heterocycles. The van der Waals surface area contributed by atoms with E-state index in [4.69, 9.17) is 9.47 Å². The molecular formula is C60H89N5O12. The summed E-state index contributed by atoms with van der Waals surface area (Å²) in [5.74, 6) is -5.31. The minimum atomic E-state index is -1.43. The fourth-order valence-corrected chi connectivity index (χ4v) is 10.9. The molecule has 1 aromatic carbocycles. The molecule has 4 aliphatic heterocycles. The first kappa shape index (κ1) is 62.4. The number of hydrogen-bond acceptors (Lipinski definition) is 13. The van der Waals surface area contributed by atoms with E-state index in [1.807, 2.05) is 45.9 Å². The number of hydrazine groups is 1. The van der Waals surface area contributed by atoms with Crippen molar-refractivity contribution >= 4 is 35.4 Å². The number of hydrogen-bond donors (Lipinski definition) is 8. The molecule has 0 radical (unpaired) electrons. The first-order valence-corrected chi connectivity index (χ1v) is 28.0. The number of ether oxygens (including phenoxy) is 2. The highest BCUT2D eigenvalue weighted by atomic mass is 16.5. The molecule has 426 valence electrons. The molecule has 1 spiro atoms. The Balaban J connectivity index is 1.35. The topological polar surface area (TPSA) is 253 Å². The number of ketones is 1. The van der Waals surface area contributed by atoms with Gasteiger partial charge in [0.1, 0.15) is 35.8 Å². The third-order valence-corrected chi connectivity index (χ3v) is 16.2.